The third kappa shape index (κ3) is 2.92. The lowest BCUT2D eigenvalue weighted by Crippen LogP contribution is -2.15. The van der Waals surface area contributed by atoms with Crippen LogP contribution in [-0.4, -0.2) is 15.4 Å². The lowest BCUT2D eigenvalue weighted by molar-refractivity contribution is -0.384. The van der Waals surface area contributed by atoms with Gasteiger partial charge in [-0.2, -0.15) is 0 Å². The first-order valence-electron chi connectivity index (χ1n) is 5.35. The molecule has 7 heteroatoms. The van der Waals surface area contributed by atoms with Crippen molar-refractivity contribution in [1.29, 1.82) is 0 Å². The van der Waals surface area contributed by atoms with Gasteiger partial charge in [-0.15, -0.1) is 0 Å². The number of aryl methyl sites for hydroxylation is 1. The summed E-state index contributed by atoms with van der Waals surface area (Å²) in [5.74, 6) is -0.419. The molecule has 0 aliphatic rings. The Morgan fingerprint density at radius 2 is 2.00 bits per heavy atom. The van der Waals surface area contributed by atoms with Crippen molar-refractivity contribution in [2.24, 2.45) is 7.05 Å². The highest BCUT2D eigenvalue weighted by atomic mass is 35.5. The first-order valence-corrected chi connectivity index (χ1v) is 5.73. The zero-order valence-corrected chi connectivity index (χ0v) is 10.7. The van der Waals surface area contributed by atoms with Gasteiger partial charge in [0.1, 0.15) is 5.69 Å². The normalized spacial score (nSPS) is 10.2. The van der Waals surface area contributed by atoms with Crippen molar-refractivity contribution < 1.29 is 9.72 Å². The van der Waals surface area contributed by atoms with E-state index in [1.54, 1.807) is 31.3 Å². The molecule has 1 amide bonds. The van der Waals surface area contributed by atoms with Crippen molar-refractivity contribution in [2.75, 3.05) is 5.32 Å². The summed E-state index contributed by atoms with van der Waals surface area (Å²) in [5, 5.41) is 13.8. The summed E-state index contributed by atoms with van der Waals surface area (Å²) in [5.41, 5.74) is 0.656. The minimum absolute atomic E-state index is 0.122. The van der Waals surface area contributed by atoms with Gasteiger partial charge in [0, 0.05) is 23.8 Å². The van der Waals surface area contributed by atoms with E-state index in [0.717, 1.165) is 0 Å². The number of carbonyl (C=O) groups excluding carboxylic acids is 1. The van der Waals surface area contributed by atoms with E-state index < -0.39 is 10.8 Å². The van der Waals surface area contributed by atoms with Crippen LogP contribution >= 0.6 is 11.6 Å². The molecule has 0 bridgehead atoms. The van der Waals surface area contributed by atoms with Crippen molar-refractivity contribution in [2.45, 2.75) is 0 Å². The average Bonchev–Trinajstić information content (AvgIpc) is 2.74. The fourth-order valence-electron chi connectivity index (χ4n) is 1.60. The number of anilines is 1. The van der Waals surface area contributed by atoms with E-state index in [1.807, 2.05) is 0 Å². The highest BCUT2D eigenvalue weighted by Crippen LogP contribution is 2.18. The minimum Gasteiger partial charge on any atom is -0.340 e. The van der Waals surface area contributed by atoms with Crippen molar-refractivity contribution in [1.82, 2.24) is 4.57 Å². The van der Waals surface area contributed by atoms with Crippen LogP contribution in [0.1, 0.15) is 10.5 Å². The van der Waals surface area contributed by atoms with Gasteiger partial charge in [-0.05, 0) is 24.3 Å². The molecule has 19 heavy (non-hydrogen) atoms. The number of benzene rings is 1. The summed E-state index contributed by atoms with van der Waals surface area (Å²) in [4.78, 5) is 22.1. The number of halogens is 1. The Balaban J connectivity index is 2.20. The van der Waals surface area contributed by atoms with Gasteiger partial charge in [0.25, 0.3) is 11.6 Å². The number of nitro groups is 1. The Bertz CT molecular complexity index is 634. The molecule has 0 saturated heterocycles. The van der Waals surface area contributed by atoms with Crippen LogP contribution in [0, 0.1) is 10.1 Å². The SMILES string of the molecule is Cn1cc([N+](=O)[O-])cc1C(=O)Nc1ccc(Cl)cc1. The van der Waals surface area contributed by atoms with Crippen LogP contribution in [0.5, 0.6) is 0 Å². The lowest BCUT2D eigenvalue weighted by Gasteiger charge is -2.05. The highest BCUT2D eigenvalue weighted by Gasteiger charge is 2.17. The molecule has 0 spiro atoms. The second kappa shape index (κ2) is 5.11. The summed E-state index contributed by atoms with van der Waals surface area (Å²) in [6.45, 7) is 0. The topological polar surface area (TPSA) is 77.2 Å². The maximum atomic E-state index is 12.0. The zero-order chi connectivity index (χ0) is 14.0. The van der Waals surface area contributed by atoms with Gasteiger partial charge >= 0.3 is 0 Å². The molecular formula is C12H10ClN3O3. The zero-order valence-electron chi connectivity index (χ0n) is 9.96. The molecular weight excluding hydrogens is 270 g/mol. The largest absolute Gasteiger partial charge is 0.340 e. The van der Waals surface area contributed by atoms with Gasteiger partial charge in [0.05, 0.1) is 11.1 Å². The van der Waals surface area contributed by atoms with Crippen LogP contribution < -0.4 is 5.32 Å². The maximum absolute atomic E-state index is 12.0. The number of carbonyl (C=O) groups is 1. The molecule has 1 heterocycles. The monoisotopic (exact) mass is 279 g/mol. The number of hydrogen-bond donors (Lipinski definition) is 1. The standard InChI is InChI=1S/C12H10ClN3O3/c1-15-7-10(16(18)19)6-11(15)12(17)14-9-4-2-8(13)3-5-9/h2-7H,1H3,(H,14,17). The van der Waals surface area contributed by atoms with E-state index in [4.69, 9.17) is 11.6 Å². The second-order valence-electron chi connectivity index (χ2n) is 3.91. The molecule has 1 aromatic heterocycles. The summed E-state index contributed by atoms with van der Waals surface area (Å²) < 4.78 is 1.41. The maximum Gasteiger partial charge on any atom is 0.287 e. The Morgan fingerprint density at radius 3 is 2.53 bits per heavy atom. The summed E-state index contributed by atoms with van der Waals surface area (Å²) in [6, 6.07) is 7.82. The quantitative estimate of drug-likeness (QED) is 0.693. The predicted molar refractivity (Wildman–Crippen MR) is 71.5 cm³/mol. The summed E-state index contributed by atoms with van der Waals surface area (Å²) in [7, 11) is 1.57. The first-order chi connectivity index (χ1) is 8.97. The number of nitrogens with one attached hydrogen (secondary N) is 1. The number of hydrogen-bond acceptors (Lipinski definition) is 3. The van der Waals surface area contributed by atoms with Gasteiger partial charge in [0.2, 0.25) is 0 Å². The van der Waals surface area contributed by atoms with Gasteiger partial charge < -0.3 is 9.88 Å². The van der Waals surface area contributed by atoms with E-state index in [9.17, 15) is 14.9 Å². The van der Waals surface area contributed by atoms with Gasteiger partial charge in [-0.3, -0.25) is 14.9 Å². The smallest absolute Gasteiger partial charge is 0.287 e. The molecule has 1 aromatic carbocycles. The third-order valence-corrected chi connectivity index (χ3v) is 2.79. The molecule has 2 aromatic rings. The fraction of sp³-hybridized carbons (Fsp3) is 0.0833. The van der Waals surface area contributed by atoms with Crippen molar-refractivity contribution in [3.63, 3.8) is 0 Å². The number of rotatable bonds is 3. The molecule has 98 valence electrons. The van der Waals surface area contributed by atoms with Gasteiger partial charge in [-0.25, -0.2) is 0 Å². The summed E-state index contributed by atoms with van der Waals surface area (Å²) in [6.07, 6.45) is 1.29. The molecule has 0 aliphatic heterocycles. The van der Waals surface area contributed by atoms with E-state index >= 15 is 0 Å². The molecule has 0 fully saturated rings. The van der Waals surface area contributed by atoms with Gasteiger partial charge in [0.15, 0.2) is 0 Å². The molecule has 0 atom stereocenters. The molecule has 0 radical (unpaired) electrons. The Hall–Kier alpha value is -2.34. The molecule has 2 rings (SSSR count). The van der Waals surface area contributed by atoms with E-state index in [2.05, 4.69) is 5.32 Å². The number of aromatic nitrogens is 1. The fourth-order valence-corrected chi connectivity index (χ4v) is 1.73. The van der Waals surface area contributed by atoms with Crippen molar-refractivity contribution in [3.05, 3.63) is 57.4 Å². The molecule has 0 unspecified atom stereocenters. The van der Waals surface area contributed by atoms with Crippen LogP contribution in [0.15, 0.2) is 36.5 Å². The number of nitrogens with zero attached hydrogens (tertiary/aromatic N) is 2. The predicted octanol–water partition coefficient (Wildman–Crippen LogP) is 2.84. The van der Waals surface area contributed by atoms with Crippen LogP contribution in [0.2, 0.25) is 5.02 Å². The van der Waals surface area contributed by atoms with Crippen LogP contribution in [0.3, 0.4) is 0 Å². The second-order valence-corrected chi connectivity index (χ2v) is 4.35. The molecule has 1 N–H and O–H groups in total. The Morgan fingerprint density at radius 1 is 1.37 bits per heavy atom. The molecule has 6 nitrogen and oxygen atoms in total. The first kappa shape index (κ1) is 13.1. The van der Waals surface area contributed by atoms with Crippen molar-refractivity contribution in [3.8, 4) is 0 Å². The van der Waals surface area contributed by atoms with E-state index in [0.29, 0.717) is 10.7 Å². The molecule has 0 aliphatic carbocycles. The molecule has 0 saturated carbocycles. The van der Waals surface area contributed by atoms with Crippen LogP contribution in [-0.2, 0) is 7.05 Å². The lowest BCUT2D eigenvalue weighted by atomic mass is 10.3. The van der Waals surface area contributed by atoms with E-state index in [-0.39, 0.29) is 11.4 Å². The highest BCUT2D eigenvalue weighted by molar-refractivity contribution is 6.30. The Labute approximate surface area is 113 Å². The summed E-state index contributed by atoms with van der Waals surface area (Å²) >= 11 is 5.74. The number of amides is 1. The average molecular weight is 280 g/mol. The minimum atomic E-state index is -0.543. The third-order valence-electron chi connectivity index (χ3n) is 2.54. The Kier molecular flexibility index (Phi) is 3.52. The van der Waals surface area contributed by atoms with Crippen LogP contribution in [0.25, 0.3) is 0 Å². The van der Waals surface area contributed by atoms with Gasteiger partial charge in [-0.1, -0.05) is 11.6 Å². The van der Waals surface area contributed by atoms with E-state index in [1.165, 1.54) is 16.8 Å². The van der Waals surface area contributed by atoms with Crippen molar-refractivity contribution >= 4 is 28.9 Å². The van der Waals surface area contributed by atoms with Crippen LogP contribution in [0.4, 0.5) is 11.4 Å².